The highest BCUT2D eigenvalue weighted by atomic mass is 19.4. The zero-order chi connectivity index (χ0) is 17.6. The van der Waals surface area contributed by atoms with Crippen LogP contribution in [0.4, 0.5) is 13.2 Å². The van der Waals surface area contributed by atoms with E-state index in [1.165, 1.54) is 25.4 Å². The Kier molecular flexibility index (Phi) is 5.80. The van der Waals surface area contributed by atoms with Crippen LogP contribution in [-0.4, -0.2) is 30.8 Å². The normalized spacial score (nSPS) is 11.3. The van der Waals surface area contributed by atoms with Crippen LogP contribution in [0.1, 0.15) is 21.9 Å². The number of nitrogens with zero attached hydrogens (tertiary/aromatic N) is 1. The van der Waals surface area contributed by atoms with Gasteiger partial charge in [0.15, 0.2) is 12.4 Å². The summed E-state index contributed by atoms with van der Waals surface area (Å²) >= 11 is 0. The summed E-state index contributed by atoms with van der Waals surface area (Å²) in [6.07, 6.45) is -3.14. The first-order chi connectivity index (χ1) is 11.4. The van der Waals surface area contributed by atoms with Gasteiger partial charge in [0.1, 0.15) is 12.4 Å². The molecule has 0 aliphatic rings. The highest BCUT2D eigenvalue weighted by molar-refractivity contribution is 5.91. The summed E-state index contributed by atoms with van der Waals surface area (Å²) in [6, 6.07) is 6.01. The second-order valence-corrected chi connectivity index (χ2v) is 4.79. The molecule has 0 aromatic carbocycles. The topological polar surface area (TPSA) is 73.6 Å². The monoisotopic (exact) mass is 344 g/mol. The number of hydrogen-bond donors (Lipinski definition) is 1. The van der Waals surface area contributed by atoms with Crippen LogP contribution in [0.5, 0.6) is 5.88 Å². The van der Waals surface area contributed by atoms with E-state index in [9.17, 15) is 18.0 Å². The number of carbonyl (C=O) groups excluding carboxylic acids is 1. The molecule has 2 rings (SSSR count). The summed E-state index contributed by atoms with van der Waals surface area (Å²) in [5, 5.41) is 2.59. The van der Waals surface area contributed by atoms with Crippen molar-refractivity contribution in [3.05, 3.63) is 47.5 Å². The number of methoxy groups -OCH3 is 1. The van der Waals surface area contributed by atoms with Gasteiger partial charge in [-0.1, -0.05) is 0 Å². The number of halogens is 3. The quantitative estimate of drug-likeness (QED) is 0.836. The molecule has 0 atom stereocenters. The molecule has 0 spiro atoms. The minimum atomic E-state index is -4.44. The molecule has 9 heteroatoms. The van der Waals surface area contributed by atoms with E-state index in [-0.39, 0.29) is 24.8 Å². The van der Waals surface area contributed by atoms with Crippen molar-refractivity contribution in [1.29, 1.82) is 0 Å². The minimum absolute atomic E-state index is 0.0873. The molecule has 2 heterocycles. The highest BCUT2D eigenvalue weighted by Gasteiger charge is 2.28. The number of aromatic nitrogens is 1. The predicted octanol–water partition coefficient (Wildman–Crippen LogP) is 2.69. The molecule has 2 aromatic rings. The SMILES string of the molecule is COCc1ccc(C(=O)NCc2ccnc(OCC(F)(F)F)c2)o1. The molecular weight excluding hydrogens is 329 g/mol. The predicted molar refractivity (Wildman–Crippen MR) is 76.4 cm³/mol. The highest BCUT2D eigenvalue weighted by Crippen LogP contribution is 2.17. The average molecular weight is 344 g/mol. The number of carbonyl (C=O) groups is 1. The van der Waals surface area contributed by atoms with Crippen LogP contribution >= 0.6 is 0 Å². The van der Waals surface area contributed by atoms with Crippen LogP contribution in [0.25, 0.3) is 0 Å². The van der Waals surface area contributed by atoms with E-state index in [4.69, 9.17) is 9.15 Å². The van der Waals surface area contributed by atoms with Crippen molar-refractivity contribution in [2.24, 2.45) is 0 Å². The molecule has 0 saturated carbocycles. The lowest BCUT2D eigenvalue weighted by Gasteiger charge is -2.09. The molecule has 24 heavy (non-hydrogen) atoms. The van der Waals surface area contributed by atoms with Crippen molar-refractivity contribution in [2.75, 3.05) is 13.7 Å². The maximum absolute atomic E-state index is 12.1. The Bertz CT molecular complexity index is 685. The maximum atomic E-state index is 12.1. The molecule has 1 N–H and O–H groups in total. The van der Waals surface area contributed by atoms with Gasteiger partial charge in [-0.05, 0) is 23.8 Å². The van der Waals surface area contributed by atoms with Gasteiger partial charge in [-0.3, -0.25) is 4.79 Å². The zero-order valence-electron chi connectivity index (χ0n) is 12.7. The molecule has 0 bridgehead atoms. The van der Waals surface area contributed by atoms with Gasteiger partial charge >= 0.3 is 6.18 Å². The minimum Gasteiger partial charge on any atom is -0.468 e. The van der Waals surface area contributed by atoms with Gasteiger partial charge in [-0.2, -0.15) is 13.2 Å². The molecule has 0 saturated heterocycles. The lowest BCUT2D eigenvalue weighted by molar-refractivity contribution is -0.154. The standard InChI is InChI=1S/C15H15F3N2O4/c1-22-8-11-2-3-12(24-11)14(21)20-7-10-4-5-19-13(6-10)23-9-15(16,17)18/h2-6H,7-9H2,1H3,(H,20,21). The Morgan fingerprint density at radius 1 is 1.33 bits per heavy atom. The number of rotatable bonds is 7. The first-order valence-corrected chi connectivity index (χ1v) is 6.88. The smallest absolute Gasteiger partial charge is 0.422 e. The van der Waals surface area contributed by atoms with Gasteiger partial charge < -0.3 is 19.2 Å². The van der Waals surface area contributed by atoms with Crippen LogP contribution in [0, 0.1) is 0 Å². The fraction of sp³-hybridized carbons (Fsp3) is 0.333. The number of ether oxygens (including phenoxy) is 2. The van der Waals surface area contributed by atoms with Crippen molar-refractivity contribution in [3.8, 4) is 5.88 Å². The van der Waals surface area contributed by atoms with Gasteiger partial charge in [0.2, 0.25) is 5.88 Å². The van der Waals surface area contributed by atoms with Gasteiger partial charge in [-0.25, -0.2) is 4.98 Å². The molecular formula is C15H15F3N2O4. The lowest BCUT2D eigenvalue weighted by Crippen LogP contribution is -2.22. The number of hydrogen-bond acceptors (Lipinski definition) is 5. The van der Waals surface area contributed by atoms with Gasteiger partial charge in [0.25, 0.3) is 5.91 Å². The molecule has 6 nitrogen and oxygen atoms in total. The maximum Gasteiger partial charge on any atom is 0.422 e. The second kappa shape index (κ2) is 7.82. The van der Waals surface area contributed by atoms with Gasteiger partial charge in [-0.15, -0.1) is 0 Å². The molecule has 0 aliphatic carbocycles. The fourth-order valence-corrected chi connectivity index (χ4v) is 1.78. The van der Waals surface area contributed by atoms with Crippen LogP contribution in [0.2, 0.25) is 0 Å². The Morgan fingerprint density at radius 2 is 2.12 bits per heavy atom. The Hall–Kier alpha value is -2.55. The van der Waals surface area contributed by atoms with E-state index in [2.05, 4.69) is 15.0 Å². The largest absolute Gasteiger partial charge is 0.468 e. The van der Waals surface area contributed by atoms with Crippen LogP contribution < -0.4 is 10.1 Å². The Morgan fingerprint density at radius 3 is 2.83 bits per heavy atom. The van der Waals surface area contributed by atoms with Crippen molar-refractivity contribution >= 4 is 5.91 Å². The van der Waals surface area contributed by atoms with E-state index >= 15 is 0 Å². The second-order valence-electron chi connectivity index (χ2n) is 4.79. The number of amides is 1. The van der Waals surface area contributed by atoms with E-state index in [1.807, 2.05) is 0 Å². The first kappa shape index (κ1) is 17.8. The third-order valence-corrected chi connectivity index (χ3v) is 2.81. The summed E-state index contributed by atoms with van der Waals surface area (Å²) in [7, 11) is 1.50. The van der Waals surface area contributed by atoms with Crippen molar-refractivity contribution in [1.82, 2.24) is 10.3 Å². The average Bonchev–Trinajstić information content (AvgIpc) is 2.99. The van der Waals surface area contributed by atoms with Gasteiger partial charge in [0, 0.05) is 25.9 Å². The summed E-state index contributed by atoms with van der Waals surface area (Å²) in [5.74, 6) is 0.00503. The van der Waals surface area contributed by atoms with Crippen molar-refractivity contribution in [3.63, 3.8) is 0 Å². The van der Waals surface area contributed by atoms with Crippen LogP contribution in [0.15, 0.2) is 34.9 Å². The molecule has 1 amide bonds. The molecule has 0 radical (unpaired) electrons. The van der Waals surface area contributed by atoms with Crippen molar-refractivity contribution in [2.45, 2.75) is 19.3 Å². The summed E-state index contributed by atoms with van der Waals surface area (Å²) in [6.45, 7) is -1.09. The molecule has 0 unspecified atom stereocenters. The lowest BCUT2D eigenvalue weighted by atomic mass is 10.2. The summed E-state index contributed by atoms with van der Waals surface area (Å²) < 4.78 is 51.0. The van der Waals surface area contributed by atoms with E-state index in [0.29, 0.717) is 11.3 Å². The van der Waals surface area contributed by atoms with E-state index in [0.717, 1.165) is 0 Å². The number of pyridine rings is 1. The zero-order valence-corrected chi connectivity index (χ0v) is 12.7. The fourth-order valence-electron chi connectivity index (χ4n) is 1.78. The number of alkyl halides is 3. The van der Waals surface area contributed by atoms with Gasteiger partial charge in [0.05, 0.1) is 0 Å². The van der Waals surface area contributed by atoms with Crippen molar-refractivity contribution < 1.29 is 31.9 Å². The number of furan rings is 1. The van der Waals surface area contributed by atoms with E-state index in [1.54, 1.807) is 12.1 Å². The third-order valence-electron chi connectivity index (χ3n) is 2.81. The summed E-state index contributed by atoms with van der Waals surface area (Å²) in [5.41, 5.74) is 0.541. The van der Waals surface area contributed by atoms with Crippen LogP contribution in [-0.2, 0) is 17.9 Å². The van der Waals surface area contributed by atoms with Crippen LogP contribution in [0.3, 0.4) is 0 Å². The molecule has 130 valence electrons. The molecule has 0 fully saturated rings. The molecule has 2 aromatic heterocycles. The Balaban J connectivity index is 1.90. The number of nitrogens with one attached hydrogen (secondary N) is 1. The third kappa shape index (κ3) is 5.58. The summed E-state index contributed by atoms with van der Waals surface area (Å²) in [4.78, 5) is 15.6. The molecule has 0 aliphatic heterocycles. The van der Waals surface area contributed by atoms with E-state index < -0.39 is 18.7 Å². The first-order valence-electron chi connectivity index (χ1n) is 6.88. The Labute approximate surface area is 135 Å².